The predicted molar refractivity (Wildman–Crippen MR) is 233 cm³/mol. The Bertz CT molecular complexity index is 2930. The van der Waals surface area contributed by atoms with Crippen molar-refractivity contribution >= 4 is 17.1 Å². The average Bonchev–Trinajstić information content (AvgIpc) is 3.87. The summed E-state index contributed by atoms with van der Waals surface area (Å²) in [5, 5.41) is 0. The molecule has 0 atom stereocenters. The van der Waals surface area contributed by atoms with E-state index in [-0.39, 0.29) is 10.8 Å². The zero-order valence-electron chi connectivity index (χ0n) is 32.2. The van der Waals surface area contributed by atoms with Crippen molar-refractivity contribution < 1.29 is 0 Å². The van der Waals surface area contributed by atoms with Crippen LogP contribution in [0.4, 0.5) is 17.1 Å². The van der Waals surface area contributed by atoms with Crippen LogP contribution in [0.2, 0.25) is 0 Å². The second-order valence-electron chi connectivity index (χ2n) is 17.2. The summed E-state index contributed by atoms with van der Waals surface area (Å²) in [6.45, 7) is 9.62. The van der Waals surface area contributed by atoms with Crippen LogP contribution in [0.25, 0.3) is 44.5 Å². The molecular weight excluding hydrogens is 675 g/mol. The second-order valence-corrected chi connectivity index (χ2v) is 17.2. The van der Waals surface area contributed by atoms with Gasteiger partial charge >= 0.3 is 0 Å². The van der Waals surface area contributed by atoms with Crippen molar-refractivity contribution in [3.63, 3.8) is 0 Å². The van der Waals surface area contributed by atoms with Crippen LogP contribution in [-0.4, -0.2) is 0 Å². The SMILES string of the molecule is CC1(C)c2ccccc2-c2ccc(N(c3cccc4c3C(C)(C)c3ccccc3-4)c3cccc4c3C3(c5ccccc5-c5ccccc53)c3ccccc3-4)cc21. The van der Waals surface area contributed by atoms with Crippen molar-refractivity contribution in [2.24, 2.45) is 0 Å². The van der Waals surface area contributed by atoms with Gasteiger partial charge in [0.1, 0.15) is 0 Å². The summed E-state index contributed by atoms with van der Waals surface area (Å²) >= 11 is 0. The molecule has 0 saturated carbocycles. The molecule has 0 radical (unpaired) electrons. The van der Waals surface area contributed by atoms with E-state index in [4.69, 9.17) is 0 Å². The highest BCUT2D eigenvalue weighted by molar-refractivity contribution is 6.01. The van der Waals surface area contributed by atoms with E-state index in [1.807, 2.05) is 0 Å². The molecule has 56 heavy (non-hydrogen) atoms. The first-order valence-electron chi connectivity index (χ1n) is 20.0. The minimum Gasteiger partial charge on any atom is -0.310 e. The van der Waals surface area contributed by atoms with Gasteiger partial charge in [0.25, 0.3) is 0 Å². The smallest absolute Gasteiger partial charge is 0.0746 e. The van der Waals surface area contributed by atoms with Crippen molar-refractivity contribution in [1.82, 2.24) is 0 Å². The molecule has 0 N–H and O–H groups in total. The summed E-state index contributed by atoms with van der Waals surface area (Å²) in [7, 11) is 0. The average molecular weight is 716 g/mol. The normalized spacial score (nSPS) is 15.9. The molecule has 0 bridgehead atoms. The molecule has 0 heterocycles. The predicted octanol–water partition coefficient (Wildman–Crippen LogP) is 14.1. The molecule has 1 spiro atoms. The van der Waals surface area contributed by atoms with E-state index in [1.165, 1.54) is 106 Å². The molecule has 0 aromatic heterocycles. The van der Waals surface area contributed by atoms with Gasteiger partial charge in [0, 0.05) is 22.1 Å². The number of anilines is 3. The number of hydrogen-bond acceptors (Lipinski definition) is 1. The van der Waals surface area contributed by atoms with Gasteiger partial charge in [-0.15, -0.1) is 0 Å². The molecule has 12 rings (SSSR count). The van der Waals surface area contributed by atoms with Gasteiger partial charge in [-0.3, -0.25) is 0 Å². The van der Waals surface area contributed by atoms with Gasteiger partial charge in [-0.1, -0.05) is 179 Å². The van der Waals surface area contributed by atoms with E-state index in [1.54, 1.807) is 0 Å². The van der Waals surface area contributed by atoms with Crippen LogP contribution in [0.15, 0.2) is 176 Å². The largest absolute Gasteiger partial charge is 0.310 e. The van der Waals surface area contributed by atoms with E-state index in [9.17, 15) is 0 Å². The van der Waals surface area contributed by atoms with Crippen molar-refractivity contribution in [2.75, 3.05) is 4.90 Å². The zero-order valence-corrected chi connectivity index (χ0v) is 32.2. The van der Waals surface area contributed by atoms with Crippen molar-refractivity contribution in [2.45, 2.75) is 43.9 Å². The topological polar surface area (TPSA) is 3.24 Å². The number of benzene rings is 8. The maximum Gasteiger partial charge on any atom is 0.0746 e. The molecule has 4 aliphatic rings. The molecule has 0 aliphatic heterocycles. The summed E-state index contributed by atoms with van der Waals surface area (Å²) in [5.41, 5.74) is 24.3. The van der Waals surface area contributed by atoms with E-state index in [0.717, 1.165) is 0 Å². The highest BCUT2D eigenvalue weighted by atomic mass is 15.2. The highest BCUT2D eigenvalue weighted by Gasteiger charge is 2.53. The fourth-order valence-electron chi connectivity index (χ4n) is 11.6. The molecule has 1 nitrogen and oxygen atoms in total. The molecule has 0 unspecified atom stereocenters. The first-order chi connectivity index (χ1) is 27.3. The third-order valence-electron chi connectivity index (χ3n) is 13.9. The van der Waals surface area contributed by atoms with E-state index in [2.05, 4.69) is 209 Å². The number of fused-ring (bicyclic) bond motifs is 16. The van der Waals surface area contributed by atoms with Crippen LogP contribution in [0.5, 0.6) is 0 Å². The Morgan fingerprint density at radius 1 is 0.304 bits per heavy atom. The van der Waals surface area contributed by atoms with Gasteiger partial charge in [0.2, 0.25) is 0 Å². The molecule has 266 valence electrons. The van der Waals surface area contributed by atoms with Gasteiger partial charge < -0.3 is 4.90 Å². The van der Waals surface area contributed by atoms with Gasteiger partial charge in [-0.2, -0.15) is 0 Å². The Balaban J connectivity index is 1.21. The van der Waals surface area contributed by atoms with Crippen LogP contribution in [0.3, 0.4) is 0 Å². The van der Waals surface area contributed by atoms with Crippen molar-refractivity contribution in [3.05, 3.63) is 220 Å². The molecular formula is C55H41N. The van der Waals surface area contributed by atoms with Gasteiger partial charge in [0.15, 0.2) is 0 Å². The summed E-state index contributed by atoms with van der Waals surface area (Å²) in [4.78, 5) is 2.64. The van der Waals surface area contributed by atoms with Gasteiger partial charge in [-0.05, 0) is 108 Å². The fraction of sp³-hybridized carbons (Fsp3) is 0.127. The van der Waals surface area contributed by atoms with E-state index in [0.29, 0.717) is 0 Å². The quantitative estimate of drug-likeness (QED) is 0.176. The third-order valence-corrected chi connectivity index (χ3v) is 13.9. The maximum absolute atomic E-state index is 2.64. The minimum absolute atomic E-state index is 0.138. The monoisotopic (exact) mass is 715 g/mol. The first kappa shape index (κ1) is 31.9. The van der Waals surface area contributed by atoms with Crippen LogP contribution in [0.1, 0.15) is 72.2 Å². The number of rotatable bonds is 3. The van der Waals surface area contributed by atoms with Crippen LogP contribution < -0.4 is 4.90 Å². The van der Waals surface area contributed by atoms with Crippen LogP contribution in [0, 0.1) is 0 Å². The summed E-state index contributed by atoms with van der Waals surface area (Å²) in [6, 6.07) is 66.8. The molecule has 8 aromatic rings. The summed E-state index contributed by atoms with van der Waals surface area (Å²) in [6.07, 6.45) is 0. The van der Waals surface area contributed by atoms with Gasteiger partial charge in [0.05, 0.1) is 16.8 Å². The third kappa shape index (κ3) is 3.76. The Labute approximate surface area is 329 Å². The lowest BCUT2D eigenvalue weighted by molar-refractivity contribution is 0.658. The van der Waals surface area contributed by atoms with Crippen molar-refractivity contribution in [1.29, 1.82) is 0 Å². The molecule has 0 fully saturated rings. The lowest BCUT2D eigenvalue weighted by Gasteiger charge is -2.38. The lowest BCUT2D eigenvalue weighted by Crippen LogP contribution is -2.29. The van der Waals surface area contributed by atoms with E-state index < -0.39 is 5.41 Å². The maximum atomic E-state index is 2.64. The highest BCUT2D eigenvalue weighted by Crippen LogP contribution is 2.66. The summed E-state index contributed by atoms with van der Waals surface area (Å²) < 4.78 is 0. The second kappa shape index (κ2) is 10.9. The Kier molecular flexibility index (Phi) is 6.18. The minimum atomic E-state index is -0.489. The standard InChI is InChI=1S/C55H41N/c1-53(2)43-24-10-5-17-35(43)40-32-31-34(33-48(40)53)56(49-29-15-22-41-38-20-6-11-25-44(38)54(3,4)51(41)49)50-30-16-23-42-39-21-9-14-28-47(39)55(52(42)50)45-26-12-7-18-36(45)37-19-8-13-27-46(37)55/h5-33H,1-4H3. The first-order valence-corrected chi connectivity index (χ1v) is 20.0. The number of nitrogens with zero attached hydrogens (tertiary/aromatic N) is 1. The summed E-state index contributed by atoms with van der Waals surface area (Å²) in [5.74, 6) is 0. The van der Waals surface area contributed by atoms with Gasteiger partial charge in [-0.25, -0.2) is 0 Å². The molecule has 1 heteroatoms. The Hall–Kier alpha value is -6.44. The Morgan fingerprint density at radius 3 is 1.23 bits per heavy atom. The molecule has 8 aromatic carbocycles. The molecule has 0 amide bonds. The zero-order chi connectivity index (χ0) is 37.6. The number of hydrogen-bond donors (Lipinski definition) is 0. The Morgan fingerprint density at radius 2 is 0.679 bits per heavy atom. The lowest BCUT2D eigenvalue weighted by atomic mass is 9.70. The molecule has 4 aliphatic carbocycles. The fourth-order valence-corrected chi connectivity index (χ4v) is 11.6. The molecule has 0 saturated heterocycles. The van der Waals surface area contributed by atoms with E-state index >= 15 is 0 Å². The van der Waals surface area contributed by atoms with Crippen LogP contribution in [-0.2, 0) is 16.2 Å². The van der Waals surface area contributed by atoms with Crippen LogP contribution >= 0.6 is 0 Å². The van der Waals surface area contributed by atoms with Crippen molar-refractivity contribution in [3.8, 4) is 44.5 Å².